The van der Waals surface area contributed by atoms with Gasteiger partial charge in [0.25, 0.3) is 5.91 Å². The van der Waals surface area contributed by atoms with Gasteiger partial charge >= 0.3 is 0 Å². The van der Waals surface area contributed by atoms with Crippen LogP contribution in [0.15, 0.2) is 75.6 Å². The number of hydrogen-bond acceptors (Lipinski definition) is 3. The lowest BCUT2D eigenvalue weighted by atomic mass is 9.98. The first-order valence-corrected chi connectivity index (χ1v) is 10.8. The molecule has 1 amide bonds. The van der Waals surface area contributed by atoms with Crippen molar-refractivity contribution in [2.45, 2.75) is 55.4 Å². The molecule has 0 fully saturated rings. The highest BCUT2D eigenvalue weighted by molar-refractivity contribution is 6.03. The molecule has 1 rings (SSSR count). The molecule has 0 spiro atoms. The average Bonchev–Trinajstić information content (AvgIpc) is 2.97. The zero-order valence-electron chi connectivity index (χ0n) is 21.0. The molecule has 0 saturated heterocycles. The van der Waals surface area contributed by atoms with Crippen LogP contribution < -0.4 is 0 Å². The van der Waals surface area contributed by atoms with Crippen molar-refractivity contribution in [2.75, 3.05) is 26.7 Å². The number of nitrogens with zero attached hydrogens (tertiary/aromatic N) is 2. The molecule has 0 saturated carbocycles. The number of ether oxygens (including phenoxy) is 1. The van der Waals surface area contributed by atoms with Gasteiger partial charge in [-0.1, -0.05) is 57.7 Å². The number of amides is 1. The Hall–Kier alpha value is -2.62. The van der Waals surface area contributed by atoms with Crippen molar-refractivity contribution in [3.05, 3.63) is 70.6 Å². The van der Waals surface area contributed by atoms with E-state index < -0.39 is 0 Å². The predicted octanol–water partition coefficient (Wildman–Crippen LogP) is 6.21. The molecule has 0 aromatic heterocycles. The minimum absolute atomic E-state index is 0.0109. The second-order valence-corrected chi connectivity index (χ2v) is 9.37. The smallest absolute Gasteiger partial charge is 0.258 e. The minimum atomic E-state index is -0.0143. The summed E-state index contributed by atoms with van der Waals surface area (Å²) in [6.07, 6.45) is 6.01. The van der Waals surface area contributed by atoms with E-state index >= 15 is 0 Å². The molecule has 0 aromatic carbocycles. The van der Waals surface area contributed by atoms with Crippen LogP contribution in [0.1, 0.15) is 55.4 Å². The SMILES string of the molecule is C=CC(=C\C(C)=C(/C)CN1CC(C)=C(C(=C)OCC(C)(C)C)C1=O)/C(=C/C)C(/C)=N\C. The fourth-order valence-electron chi connectivity index (χ4n) is 3.36. The zero-order chi connectivity index (χ0) is 23.9. The summed E-state index contributed by atoms with van der Waals surface area (Å²) in [5, 5.41) is 0. The molecule has 4 heteroatoms. The van der Waals surface area contributed by atoms with Gasteiger partial charge in [-0.15, -0.1) is 0 Å². The molecular weight excluding hydrogens is 384 g/mol. The lowest BCUT2D eigenvalue weighted by Crippen LogP contribution is -2.29. The van der Waals surface area contributed by atoms with Gasteiger partial charge in [-0.25, -0.2) is 0 Å². The normalized spacial score (nSPS) is 17.3. The van der Waals surface area contributed by atoms with E-state index in [1.807, 2.05) is 37.8 Å². The molecule has 1 aliphatic rings. The Bertz CT molecular complexity index is 887. The van der Waals surface area contributed by atoms with Crippen LogP contribution >= 0.6 is 0 Å². The van der Waals surface area contributed by atoms with Crippen LogP contribution in [0.25, 0.3) is 0 Å². The summed E-state index contributed by atoms with van der Waals surface area (Å²) in [6.45, 7) is 26.1. The van der Waals surface area contributed by atoms with Gasteiger partial charge in [0.2, 0.25) is 0 Å². The fourth-order valence-corrected chi connectivity index (χ4v) is 3.36. The van der Waals surface area contributed by atoms with Crippen LogP contribution in [0.3, 0.4) is 0 Å². The Labute approximate surface area is 189 Å². The van der Waals surface area contributed by atoms with E-state index in [0.29, 0.717) is 31.0 Å². The Morgan fingerprint density at radius 3 is 2.35 bits per heavy atom. The Kier molecular flexibility index (Phi) is 9.48. The highest BCUT2D eigenvalue weighted by Crippen LogP contribution is 2.28. The van der Waals surface area contributed by atoms with Crippen molar-refractivity contribution < 1.29 is 9.53 Å². The molecule has 31 heavy (non-hydrogen) atoms. The third kappa shape index (κ3) is 7.23. The molecule has 0 bridgehead atoms. The average molecular weight is 425 g/mol. The number of aliphatic imine (C=N–C) groups is 1. The summed E-state index contributed by atoms with van der Waals surface area (Å²) in [5.74, 6) is 0.457. The Balaban J connectivity index is 3.02. The summed E-state index contributed by atoms with van der Waals surface area (Å²) < 4.78 is 5.82. The minimum Gasteiger partial charge on any atom is -0.493 e. The molecule has 0 unspecified atom stereocenters. The molecule has 0 aromatic rings. The quantitative estimate of drug-likeness (QED) is 0.251. The molecule has 0 N–H and O–H groups in total. The number of carbonyl (C=O) groups is 1. The lowest BCUT2D eigenvalue weighted by molar-refractivity contribution is -0.125. The van der Waals surface area contributed by atoms with Gasteiger partial charge in [0.15, 0.2) is 0 Å². The highest BCUT2D eigenvalue weighted by Gasteiger charge is 2.31. The van der Waals surface area contributed by atoms with Crippen LogP contribution in [0, 0.1) is 5.41 Å². The van der Waals surface area contributed by atoms with Crippen molar-refractivity contribution in [2.24, 2.45) is 10.4 Å². The number of hydrogen-bond donors (Lipinski definition) is 0. The summed E-state index contributed by atoms with van der Waals surface area (Å²) >= 11 is 0. The molecule has 1 heterocycles. The van der Waals surface area contributed by atoms with E-state index in [9.17, 15) is 4.79 Å². The number of allylic oxidation sites excluding steroid dienone is 6. The summed E-state index contributed by atoms with van der Waals surface area (Å²) in [4.78, 5) is 19.2. The maximum absolute atomic E-state index is 13.0. The van der Waals surface area contributed by atoms with E-state index in [1.54, 1.807) is 7.05 Å². The van der Waals surface area contributed by atoms with Crippen LogP contribution in [0.5, 0.6) is 0 Å². The Morgan fingerprint density at radius 1 is 1.26 bits per heavy atom. The van der Waals surface area contributed by atoms with E-state index in [0.717, 1.165) is 33.6 Å². The third-order valence-electron chi connectivity index (χ3n) is 5.33. The largest absolute Gasteiger partial charge is 0.493 e. The first-order chi connectivity index (χ1) is 14.4. The highest BCUT2D eigenvalue weighted by atomic mass is 16.5. The van der Waals surface area contributed by atoms with Crippen molar-refractivity contribution >= 4 is 11.6 Å². The summed E-state index contributed by atoms with van der Waals surface area (Å²) in [7, 11) is 1.79. The van der Waals surface area contributed by atoms with Gasteiger partial charge < -0.3 is 9.64 Å². The van der Waals surface area contributed by atoms with Gasteiger partial charge in [-0.05, 0) is 62.3 Å². The maximum atomic E-state index is 13.0. The van der Waals surface area contributed by atoms with Gasteiger partial charge in [0, 0.05) is 25.8 Å². The van der Waals surface area contributed by atoms with Crippen molar-refractivity contribution in [1.82, 2.24) is 4.90 Å². The molecule has 4 nitrogen and oxygen atoms in total. The topological polar surface area (TPSA) is 41.9 Å². The molecule has 170 valence electrons. The monoisotopic (exact) mass is 424 g/mol. The first-order valence-electron chi connectivity index (χ1n) is 10.8. The van der Waals surface area contributed by atoms with Crippen molar-refractivity contribution in [1.29, 1.82) is 0 Å². The van der Waals surface area contributed by atoms with Gasteiger partial charge in [-0.2, -0.15) is 0 Å². The third-order valence-corrected chi connectivity index (χ3v) is 5.33. The first kappa shape index (κ1) is 26.4. The summed E-state index contributed by atoms with van der Waals surface area (Å²) in [6, 6.07) is 0. The van der Waals surface area contributed by atoms with E-state index in [2.05, 4.69) is 58.8 Å². The number of carbonyl (C=O) groups excluding carboxylic acids is 1. The predicted molar refractivity (Wildman–Crippen MR) is 133 cm³/mol. The second-order valence-electron chi connectivity index (χ2n) is 9.37. The lowest BCUT2D eigenvalue weighted by Gasteiger charge is -2.21. The van der Waals surface area contributed by atoms with Gasteiger partial charge in [0.1, 0.15) is 5.76 Å². The van der Waals surface area contributed by atoms with E-state index in [-0.39, 0.29) is 11.3 Å². The van der Waals surface area contributed by atoms with Crippen LogP contribution in [0.4, 0.5) is 0 Å². The molecular formula is C27H40N2O2. The molecule has 1 aliphatic heterocycles. The fraction of sp³-hybridized carbons (Fsp3) is 0.481. The van der Waals surface area contributed by atoms with Crippen molar-refractivity contribution in [3.63, 3.8) is 0 Å². The molecule has 0 radical (unpaired) electrons. The van der Waals surface area contributed by atoms with E-state index in [4.69, 9.17) is 4.74 Å². The van der Waals surface area contributed by atoms with E-state index in [1.165, 1.54) is 0 Å². The van der Waals surface area contributed by atoms with Gasteiger partial charge in [-0.3, -0.25) is 9.79 Å². The van der Waals surface area contributed by atoms with Crippen LogP contribution in [-0.4, -0.2) is 43.3 Å². The van der Waals surface area contributed by atoms with Gasteiger partial charge in [0.05, 0.1) is 12.2 Å². The van der Waals surface area contributed by atoms with Crippen LogP contribution in [-0.2, 0) is 9.53 Å². The summed E-state index contributed by atoms with van der Waals surface area (Å²) in [5.41, 5.74) is 6.92. The molecule has 0 atom stereocenters. The van der Waals surface area contributed by atoms with Crippen LogP contribution in [0.2, 0.25) is 0 Å². The van der Waals surface area contributed by atoms with Crippen molar-refractivity contribution in [3.8, 4) is 0 Å². The second kappa shape index (κ2) is 11.1. The Morgan fingerprint density at radius 2 is 1.87 bits per heavy atom. The number of rotatable bonds is 9. The standard InChI is InChI=1S/C27H40N2O2/c1-12-23(24(13-2)21(6)28-11)14-18(3)19(4)15-29-16-20(5)25(26(29)30)22(7)31-17-27(8,9)10/h12-14H,1,7,15-17H2,2-6,8-11H3/b19-18+,23-14+,24-13+,28-21-. The maximum Gasteiger partial charge on any atom is 0.258 e. The zero-order valence-corrected chi connectivity index (χ0v) is 21.0. The molecule has 0 aliphatic carbocycles.